The van der Waals surface area contributed by atoms with E-state index in [-0.39, 0.29) is 0 Å². The lowest BCUT2D eigenvalue weighted by molar-refractivity contribution is 0.103. The number of anilines is 1. The zero-order chi connectivity index (χ0) is 13.8. The Morgan fingerprint density at radius 3 is 2.60 bits per heavy atom. The lowest BCUT2D eigenvalue weighted by Crippen LogP contribution is -2.38. The van der Waals surface area contributed by atoms with Gasteiger partial charge in [0.1, 0.15) is 5.82 Å². The Labute approximate surface area is 122 Å². The van der Waals surface area contributed by atoms with Crippen molar-refractivity contribution < 1.29 is 0 Å². The van der Waals surface area contributed by atoms with E-state index >= 15 is 0 Å². The lowest BCUT2D eigenvalue weighted by Gasteiger charge is -2.39. The smallest absolute Gasteiger partial charge is 0.126 e. The molecule has 3 nitrogen and oxygen atoms in total. The Morgan fingerprint density at radius 1 is 1.15 bits per heavy atom. The van der Waals surface area contributed by atoms with Crippen molar-refractivity contribution in [2.24, 2.45) is 5.41 Å². The van der Waals surface area contributed by atoms with Crippen LogP contribution in [0.25, 0.3) is 0 Å². The molecule has 1 saturated carbocycles. The number of pyridine rings is 1. The Balaban J connectivity index is 1.55. The van der Waals surface area contributed by atoms with Gasteiger partial charge in [-0.1, -0.05) is 18.9 Å². The van der Waals surface area contributed by atoms with Crippen LogP contribution in [0.1, 0.15) is 51.1 Å². The van der Waals surface area contributed by atoms with E-state index in [4.69, 9.17) is 4.98 Å². The monoisotopic (exact) mass is 273 g/mol. The highest BCUT2D eigenvalue weighted by atomic mass is 15.1. The molecule has 1 aromatic rings. The van der Waals surface area contributed by atoms with Crippen molar-refractivity contribution in [2.75, 3.05) is 25.0 Å². The van der Waals surface area contributed by atoms with Gasteiger partial charge in [0.15, 0.2) is 0 Å². The van der Waals surface area contributed by atoms with Crippen LogP contribution in [0, 0.1) is 5.41 Å². The lowest BCUT2D eigenvalue weighted by atomic mass is 9.77. The van der Waals surface area contributed by atoms with E-state index < -0.39 is 0 Å². The zero-order valence-corrected chi connectivity index (χ0v) is 12.7. The minimum absolute atomic E-state index is 0.718. The predicted octanol–water partition coefficient (Wildman–Crippen LogP) is 3.67. The molecule has 1 N–H and O–H groups in total. The van der Waals surface area contributed by atoms with E-state index in [1.807, 2.05) is 0 Å². The van der Waals surface area contributed by atoms with Crippen LogP contribution >= 0.6 is 0 Å². The molecule has 20 heavy (non-hydrogen) atoms. The molecule has 1 saturated heterocycles. The normalized spacial score (nSPS) is 22.2. The predicted molar refractivity (Wildman–Crippen MR) is 83.8 cm³/mol. The first-order chi connectivity index (χ1) is 9.80. The molecular formula is C17H27N3. The average molecular weight is 273 g/mol. The maximum Gasteiger partial charge on any atom is 0.126 e. The van der Waals surface area contributed by atoms with Crippen LogP contribution in [-0.2, 0) is 6.54 Å². The number of rotatable bonds is 4. The van der Waals surface area contributed by atoms with Gasteiger partial charge in [0.2, 0.25) is 0 Å². The SMILES string of the molecule is CCNc1cccc(CN2CCC3(CCCC3)CC2)n1. The first-order valence-electron chi connectivity index (χ1n) is 8.22. The van der Waals surface area contributed by atoms with Gasteiger partial charge in [-0.2, -0.15) is 0 Å². The summed E-state index contributed by atoms with van der Waals surface area (Å²) in [5.74, 6) is 1.01. The number of nitrogens with zero attached hydrogens (tertiary/aromatic N) is 2. The highest BCUT2D eigenvalue weighted by Gasteiger charge is 2.36. The van der Waals surface area contributed by atoms with Gasteiger partial charge >= 0.3 is 0 Å². The number of hydrogen-bond acceptors (Lipinski definition) is 3. The van der Waals surface area contributed by atoms with E-state index in [1.54, 1.807) is 0 Å². The van der Waals surface area contributed by atoms with Gasteiger partial charge in [0.05, 0.1) is 5.69 Å². The topological polar surface area (TPSA) is 28.2 Å². The van der Waals surface area contributed by atoms with E-state index in [9.17, 15) is 0 Å². The van der Waals surface area contributed by atoms with E-state index in [0.717, 1.165) is 24.3 Å². The van der Waals surface area contributed by atoms with Gasteiger partial charge in [-0.05, 0) is 63.2 Å². The zero-order valence-electron chi connectivity index (χ0n) is 12.7. The second kappa shape index (κ2) is 6.13. The summed E-state index contributed by atoms with van der Waals surface area (Å²) < 4.78 is 0. The molecule has 110 valence electrons. The summed E-state index contributed by atoms with van der Waals surface area (Å²) in [5.41, 5.74) is 1.92. The van der Waals surface area contributed by atoms with Crippen molar-refractivity contribution in [1.82, 2.24) is 9.88 Å². The summed E-state index contributed by atoms with van der Waals surface area (Å²) in [6, 6.07) is 6.32. The van der Waals surface area contributed by atoms with Crippen molar-refractivity contribution in [3.63, 3.8) is 0 Å². The fraction of sp³-hybridized carbons (Fsp3) is 0.706. The van der Waals surface area contributed by atoms with Crippen LogP contribution in [-0.4, -0.2) is 29.5 Å². The summed E-state index contributed by atoms with van der Waals surface area (Å²) in [6.45, 7) is 6.57. The van der Waals surface area contributed by atoms with Crippen LogP contribution in [0.5, 0.6) is 0 Å². The second-order valence-electron chi connectivity index (χ2n) is 6.53. The summed E-state index contributed by atoms with van der Waals surface area (Å²) in [6.07, 6.45) is 8.70. The molecule has 2 fully saturated rings. The van der Waals surface area contributed by atoms with Crippen molar-refractivity contribution >= 4 is 5.82 Å². The standard InChI is InChI=1S/C17H27N3/c1-2-18-16-7-5-6-15(19-16)14-20-12-10-17(11-13-20)8-3-4-9-17/h5-7H,2-4,8-14H2,1H3,(H,18,19). The Kier molecular flexibility index (Phi) is 4.25. The molecule has 0 radical (unpaired) electrons. The van der Waals surface area contributed by atoms with Crippen molar-refractivity contribution in [3.05, 3.63) is 23.9 Å². The number of hydrogen-bond donors (Lipinski definition) is 1. The average Bonchev–Trinajstić information content (AvgIpc) is 2.91. The molecule has 0 unspecified atom stereocenters. The van der Waals surface area contributed by atoms with E-state index in [0.29, 0.717) is 0 Å². The van der Waals surface area contributed by atoms with Crippen LogP contribution in [0.4, 0.5) is 5.82 Å². The van der Waals surface area contributed by atoms with Crippen molar-refractivity contribution in [3.8, 4) is 0 Å². The molecule has 3 heteroatoms. The molecule has 0 atom stereocenters. The van der Waals surface area contributed by atoms with Gasteiger partial charge in [0.25, 0.3) is 0 Å². The quantitative estimate of drug-likeness (QED) is 0.907. The second-order valence-corrected chi connectivity index (χ2v) is 6.53. The van der Waals surface area contributed by atoms with Crippen LogP contribution in [0.3, 0.4) is 0 Å². The van der Waals surface area contributed by atoms with E-state index in [1.165, 1.54) is 57.3 Å². The maximum atomic E-state index is 4.69. The van der Waals surface area contributed by atoms with Gasteiger partial charge in [-0.3, -0.25) is 4.90 Å². The highest BCUT2D eigenvalue weighted by Crippen LogP contribution is 2.46. The first kappa shape index (κ1) is 13.9. The Bertz CT molecular complexity index is 428. The molecule has 0 bridgehead atoms. The fourth-order valence-corrected chi connectivity index (χ4v) is 3.89. The molecule has 0 amide bonds. The molecule has 1 aliphatic carbocycles. The van der Waals surface area contributed by atoms with Crippen LogP contribution < -0.4 is 5.32 Å². The van der Waals surface area contributed by atoms with Gasteiger partial charge in [0, 0.05) is 13.1 Å². The van der Waals surface area contributed by atoms with Crippen LogP contribution in [0.2, 0.25) is 0 Å². The van der Waals surface area contributed by atoms with Crippen LogP contribution in [0.15, 0.2) is 18.2 Å². The Morgan fingerprint density at radius 2 is 1.90 bits per heavy atom. The summed E-state index contributed by atoms with van der Waals surface area (Å²) in [5, 5.41) is 3.30. The van der Waals surface area contributed by atoms with Crippen molar-refractivity contribution in [1.29, 1.82) is 0 Å². The third-order valence-corrected chi connectivity index (χ3v) is 5.13. The van der Waals surface area contributed by atoms with E-state index in [2.05, 4.69) is 35.3 Å². The fourth-order valence-electron chi connectivity index (χ4n) is 3.89. The molecule has 3 rings (SSSR count). The summed E-state index contributed by atoms with van der Waals surface area (Å²) in [7, 11) is 0. The van der Waals surface area contributed by atoms with Gasteiger partial charge in [-0.25, -0.2) is 4.98 Å². The molecule has 1 aromatic heterocycles. The van der Waals surface area contributed by atoms with Gasteiger partial charge < -0.3 is 5.32 Å². The number of piperidine rings is 1. The molecular weight excluding hydrogens is 246 g/mol. The highest BCUT2D eigenvalue weighted by molar-refractivity contribution is 5.34. The number of nitrogens with one attached hydrogen (secondary N) is 1. The molecule has 0 aromatic carbocycles. The third-order valence-electron chi connectivity index (χ3n) is 5.13. The minimum Gasteiger partial charge on any atom is -0.370 e. The number of likely N-dealkylation sites (tertiary alicyclic amines) is 1. The minimum atomic E-state index is 0.718. The molecule has 1 aliphatic heterocycles. The maximum absolute atomic E-state index is 4.69. The first-order valence-corrected chi connectivity index (χ1v) is 8.22. The summed E-state index contributed by atoms with van der Waals surface area (Å²) >= 11 is 0. The molecule has 1 spiro atoms. The Hall–Kier alpha value is -1.09. The molecule has 2 aliphatic rings. The third kappa shape index (κ3) is 3.14. The summed E-state index contributed by atoms with van der Waals surface area (Å²) in [4.78, 5) is 7.28. The largest absolute Gasteiger partial charge is 0.370 e. The van der Waals surface area contributed by atoms with Gasteiger partial charge in [-0.15, -0.1) is 0 Å². The number of aromatic nitrogens is 1. The molecule has 2 heterocycles. The van der Waals surface area contributed by atoms with Crippen molar-refractivity contribution in [2.45, 2.75) is 52.0 Å².